The van der Waals surface area contributed by atoms with Gasteiger partial charge >= 0.3 is 12.1 Å². The second-order valence-corrected chi connectivity index (χ2v) is 8.65. The molecule has 0 aromatic heterocycles. The number of carboxylic acids is 1. The van der Waals surface area contributed by atoms with Crippen LogP contribution in [0.2, 0.25) is 0 Å². The Labute approximate surface area is 228 Å². The summed E-state index contributed by atoms with van der Waals surface area (Å²) in [7, 11) is 0. The van der Waals surface area contributed by atoms with E-state index in [1.165, 1.54) is 0 Å². The number of carboxylic acid groups (broad SMARTS) is 1. The molecule has 1 atom stereocenters. The first-order valence-corrected chi connectivity index (χ1v) is 12.2. The Kier molecular flexibility index (Phi) is 10.5. The summed E-state index contributed by atoms with van der Waals surface area (Å²) in [6.45, 7) is -2.92. The Balaban J connectivity index is 1.38. The zero-order valence-electron chi connectivity index (χ0n) is 21.3. The molecular formula is C26H29N5O9. The van der Waals surface area contributed by atoms with E-state index in [2.05, 4.69) is 21.3 Å². The van der Waals surface area contributed by atoms with E-state index in [-0.39, 0.29) is 12.5 Å². The molecule has 5 amide bonds. The Morgan fingerprint density at radius 2 is 1.20 bits per heavy atom. The molecule has 0 saturated heterocycles. The molecule has 0 bridgehead atoms. The number of aliphatic hydroxyl groups excluding tert-OH is 1. The molecule has 2 aromatic carbocycles. The molecular weight excluding hydrogens is 526 g/mol. The molecule has 1 aliphatic carbocycles. The number of hydrogen-bond donors (Lipinski definition) is 7. The molecule has 0 radical (unpaired) electrons. The van der Waals surface area contributed by atoms with E-state index in [9.17, 15) is 33.9 Å². The topological polar surface area (TPSA) is 212 Å². The number of benzene rings is 2. The summed E-state index contributed by atoms with van der Waals surface area (Å²) in [4.78, 5) is 70.1. The molecule has 212 valence electrons. The SMILES string of the molecule is O=C(O)CNC(=O)CNC(=O)CNC(=O)CNC(=O)[C@H](CO)NC(=O)OCC1c2ccccc2-c2ccccc21. The van der Waals surface area contributed by atoms with E-state index in [4.69, 9.17) is 9.84 Å². The second-order valence-electron chi connectivity index (χ2n) is 8.65. The van der Waals surface area contributed by atoms with Crippen LogP contribution in [0.15, 0.2) is 48.5 Å². The van der Waals surface area contributed by atoms with Gasteiger partial charge in [0.15, 0.2) is 0 Å². The van der Waals surface area contributed by atoms with Gasteiger partial charge in [0.1, 0.15) is 19.2 Å². The maximum atomic E-state index is 12.4. The van der Waals surface area contributed by atoms with E-state index >= 15 is 0 Å². The van der Waals surface area contributed by atoms with Gasteiger partial charge in [-0.05, 0) is 22.3 Å². The number of aliphatic hydroxyl groups is 1. The van der Waals surface area contributed by atoms with Crippen LogP contribution in [0.5, 0.6) is 0 Å². The van der Waals surface area contributed by atoms with E-state index in [0.29, 0.717) is 0 Å². The zero-order valence-corrected chi connectivity index (χ0v) is 21.3. The normalized spacial score (nSPS) is 12.2. The Hall–Kier alpha value is -4.98. The lowest BCUT2D eigenvalue weighted by Crippen LogP contribution is -2.51. The number of aliphatic carboxylic acids is 1. The van der Waals surface area contributed by atoms with Crippen LogP contribution in [0.25, 0.3) is 11.1 Å². The molecule has 7 N–H and O–H groups in total. The number of alkyl carbamates (subject to hydrolysis) is 1. The summed E-state index contributed by atoms with van der Waals surface area (Å²) >= 11 is 0. The predicted molar refractivity (Wildman–Crippen MR) is 139 cm³/mol. The molecule has 0 heterocycles. The fourth-order valence-corrected chi connectivity index (χ4v) is 3.99. The minimum Gasteiger partial charge on any atom is -0.480 e. The number of amides is 5. The highest BCUT2D eigenvalue weighted by atomic mass is 16.5. The van der Waals surface area contributed by atoms with Crippen LogP contribution in [-0.2, 0) is 28.7 Å². The van der Waals surface area contributed by atoms with Gasteiger partial charge in [0.05, 0.1) is 26.2 Å². The maximum absolute atomic E-state index is 12.4. The largest absolute Gasteiger partial charge is 0.480 e. The highest BCUT2D eigenvalue weighted by Crippen LogP contribution is 2.44. The minimum absolute atomic E-state index is 0.00527. The van der Waals surface area contributed by atoms with Gasteiger partial charge in [0.25, 0.3) is 0 Å². The number of rotatable bonds is 13. The van der Waals surface area contributed by atoms with Gasteiger partial charge in [-0.3, -0.25) is 24.0 Å². The van der Waals surface area contributed by atoms with Gasteiger partial charge < -0.3 is 41.5 Å². The van der Waals surface area contributed by atoms with Crippen LogP contribution in [0.1, 0.15) is 17.0 Å². The quantitative estimate of drug-likeness (QED) is 0.152. The van der Waals surface area contributed by atoms with Gasteiger partial charge in [-0.15, -0.1) is 0 Å². The monoisotopic (exact) mass is 555 g/mol. The van der Waals surface area contributed by atoms with Gasteiger partial charge in [0.2, 0.25) is 23.6 Å². The molecule has 0 aliphatic heterocycles. The second kappa shape index (κ2) is 14.2. The van der Waals surface area contributed by atoms with Crippen molar-refractivity contribution >= 4 is 35.7 Å². The molecule has 0 fully saturated rings. The average molecular weight is 556 g/mol. The van der Waals surface area contributed by atoms with Crippen molar-refractivity contribution in [3.63, 3.8) is 0 Å². The van der Waals surface area contributed by atoms with Crippen molar-refractivity contribution in [3.05, 3.63) is 59.7 Å². The molecule has 2 aromatic rings. The van der Waals surface area contributed by atoms with Crippen LogP contribution >= 0.6 is 0 Å². The van der Waals surface area contributed by atoms with Crippen molar-refractivity contribution in [3.8, 4) is 11.1 Å². The zero-order chi connectivity index (χ0) is 29.1. The van der Waals surface area contributed by atoms with Crippen LogP contribution in [0.4, 0.5) is 4.79 Å². The summed E-state index contributed by atoms with van der Waals surface area (Å²) < 4.78 is 5.36. The molecule has 0 saturated carbocycles. The lowest BCUT2D eigenvalue weighted by molar-refractivity contribution is -0.137. The van der Waals surface area contributed by atoms with Gasteiger partial charge in [-0.1, -0.05) is 48.5 Å². The summed E-state index contributed by atoms with van der Waals surface area (Å²) in [5.41, 5.74) is 4.12. The third-order valence-corrected chi connectivity index (χ3v) is 5.89. The van der Waals surface area contributed by atoms with Crippen molar-refractivity contribution in [2.24, 2.45) is 0 Å². The summed E-state index contributed by atoms with van der Waals surface area (Å²) in [6.07, 6.45) is -0.926. The fraction of sp³-hybridized carbons (Fsp3) is 0.308. The van der Waals surface area contributed by atoms with Crippen LogP contribution in [-0.4, -0.2) is 91.3 Å². The molecule has 1 aliphatic rings. The standard InChI is InChI=1S/C26H29N5O9/c32-13-20(25(38)30-11-23(35)28-9-21(33)27-10-22(34)29-12-24(36)37)31-26(39)40-14-19-17-7-3-1-5-15(17)16-6-2-4-8-18(16)19/h1-8,19-20,32H,9-14H2,(H,27,33)(H,28,35)(H,29,34)(H,30,38)(H,31,39)(H,36,37)/t20-/m0/s1. The Morgan fingerprint density at radius 1 is 0.725 bits per heavy atom. The molecule has 0 spiro atoms. The summed E-state index contributed by atoms with van der Waals surface area (Å²) in [6, 6.07) is 14.2. The first-order chi connectivity index (χ1) is 19.2. The van der Waals surface area contributed by atoms with Gasteiger partial charge in [-0.25, -0.2) is 4.79 Å². The van der Waals surface area contributed by atoms with E-state index in [1.54, 1.807) is 0 Å². The third-order valence-electron chi connectivity index (χ3n) is 5.89. The first-order valence-electron chi connectivity index (χ1n) is 12.2. The molecule has 14 heteroatoms. The fourth-order valence-electron chi connectivity index (χ4n) is 3.99. The number of carbonyl (C=O) groups is 6. The molecule has 3 rings (SSSR count). The first kappa shape index (κ1) is 29.6. The Bertz CT molecular complexity index is 1240. The highest BCUT2D eigenvalue weighted by molar-refractivity contribution is 5.92. The lowest BCUT2D eigenvalue weighted by atomic mass is 9.98. The van der Waals surface area contributed by atoms with E-state index in [0.717, 1.165) is 22.3 Å². The number of nitrogens with one attached hydrogen (secondary N) is 5. The Morgan fingerprint density at radius 3 is 1.70 bits per heavy atom. The van der Waals surface area contributed by atoms with Crippen molar-refractivity contribution in [1.29, 1.82) is 0 Å². The predicted octanol–water partition coefficient (Wildman–Crippen LogP) is -1.56. The highest BCUT2D eigenvalue weighted by Gasteiger charge is 2.29. The van der Waals surface area contributed by atoms with Crippen LogP contribution in [0.3, 0.4) is 0 Å². The van der Waals surface area contributed by atoms with Crippen LogP contribution < -0.4 is 26.6 Å². The minimum atomic E-state index is -1.39. The lowest BCUT2D eigenvalue weighted by Gasteiger charge is -2.18. The van der Waals surface area contributed by atoms with E-state index in [1.807, 2.05) is 53.8 Å². The van der Waals surface area contributed by atoms with Crippen molar-refractivity contribution in [2.75, 3.05) is 39.4 Å². The average Bonchev–Trinajstić information content (AvgIpc) is 3.27. The number of ether oxygens (including phenoxy) is 1. The van der Waals surface area contributed by atoms with Crippen LogP contribution in [0, 0.1) is 0 Å². The summed E-state index contributed by atoms with van der Waals surface area (Å²) in [5, 5.41) is 29.0. The van der Waals surface area contributed by atoms with Gasteiger partial charge in [-0.2, -0.15) is 0 Å². The van der Waals surface area contributed by atoms with E-state index < -0.39 is 74.5 Å². The molecule has 40 heavy (non-hydrogen) atoms. The number of carbonyl (C=O) groups excluding carboxylic acids is 5. The smallest absolute Gasteiger partial charge is 0.407 e. The molecule has 0 unspecified atom stereocenters. The maximum Gasteiger partial charge on any atom is 0.407 e. The number of fused-ring (bicyclic) bond motifs is 3. The van der Waals surface area contributed by atoms with Gasteiger partial charge in [0, 0.05) is 5.92 Å². The van der Waals surface area contributed by atoms with Crippen molar-refractivity contribution < 1.29 is 43.7 Å². The number of hydrogen-bond acceptors (Lipinski definition) is 8. The summed E-state index contributed by atoms with van der Waals surface area (Å²) in [5.74, 6) is -4.50. The van der Waals surface area contributed by atoms with Crippen molar-refractivity contribution in [1.82, 2.24) is 26.6 Å². The third kappa shape index (κ3) is 8.26. The molecule has 14 nitrogen and oxygen atoms in total. The van der Waals surface area contributed by atoms with Crippen molar-refractivity contribution in [2.45, 2.75) is 12.0 Å².